The summed E-state index contributed by atoms with van der Waals surface area (Å²) in [5, 5.41) is 54.8. The minimum Gasteiger partial charge on any atom is -0.714 e. The first-order chi connectivity index (χ1) is 11.9. The smallest absolute Gasteiger partial charge is 0.714 e. The van der Waals surface area contributed by atoms with Crippen LogP contribution in [0.5, 0.6) is 0 Å². The van der Waals surface area contributed by atoms with Gasteiger partial charge in [0.15, 0.2) is 0 Å². The molecule has 1 heterocycles. The second-order valence-electron chi connectivity index (χ2n) is 4.51. The Morgan fingerprint density at radius 3 is 2.26 bits per heavy atom. The summed E-state index contributed by atoms with van der Waals surface area (Å²) in [6.07, 6.45) is -4.44. The van der Waals surface area contributed by atoms with E-state index in [1.807, 2.05) is 0 Å². The van der Waals surface area contributed by atoms with Gasteiger partial charge in [-0.1, -0.05) is 23.0 Å². The first kappa shape index (κ1) is 29.3. The van der Waals surface area contributed by atoms with Crippen LogP contribution in [0, 0.1) is 10.1 Å². The van der Waals surface area contributed by atoms with Crippen LogP contribution in [0.3, 0.4) is 0 Å². The third kappa shape index (κ3) is 12.3. The van der Waals surface area contributed by atoms with Gasteiger partial charge in [-0.05, 0) is 0 Å². The number of hydrogen-bond acceptors (Lipinski definition) is 13. The SMILES string of the molecule is C=CC/C(=N/OS(=O)(=O)[O-])S[C@@H]1O[C@H](CO)[C@@H](O)[C@H](O)[C@H]1O.O=[N+]([O-])O.[K+]. The standard InChI is InChI=1S/C10H17NO9S2.K.HNO3/c1-2-3-6(11-20-22(16,17)18)21-10-9(15)8(14)7(13)5(4-12)19-10;;2-1(3)4/h2,5,7-10,12-15H,1,3-4H2,(H,16,17,18);;(H,2,3,4)/q;+1;/p-1/b11-6-;;/t5-,7-,8+,9-,10+;;/m1../s1. The molecule has 27 heavy (non-hydrogen) atoms. The third-order valence-electron chi connectivity index (χ3n) is 2.65. The van der Waals surface area contributed by atoms with Gasteiger partial charge in [0.05, 0.1) is 6.61 Å². The van der Waals surface area contributed by atoms with Crippen molar-refractivity contribution in [1.29, 1.82) is 0 Å². The summed E-state index contributed by atoms with van der Waals surface area (Å²) in [4.78, 5) is 8.36. The van der Waals surface area contributed by atoms with Crippen molar-refractivity contribution in [2.45, 2.75) is 36.3 Å². The van der Waals surface area contributed by atoms with Crippen molar-refractivity contribution in [3.05, 3.63) is 22.8 Å². The molecule has 0 aromatic rings. The van der Waals surface area contributed by atoms with Crippen molar-refractivity contribution in [1.82, 2.24) is 0 Å². The Balaban J connectivity index is 0. The third-order valence-corrected chi connectivity index (χ3v) is 4.04. The Kier molecular flexibility index (Phi) is 15.4. The van der Waals surface area contributed by atoms with E-state index in [1.54, 1.807) is 0 Å². The zero-order chi connectivity index (χ0) is 20.5. The van der Waals surface area contributed by atoms with Crippen molar-refractivity contribution in [2.75, 3.05) is 6.61 Å². The molecular formula is C10H17KN2O12S2. The maximum absolute atomic E-state index is 10.4. The summed E-state index contributed by atoms with van der Waals surface area (Å²) < 4.78 is 40.1. The molecule has 1 aliphatic rings. The number of ether oxygens (including phenoxy) is 1. The van der Waals surface area contributed by atoms with Gasteiger partial charge >= 0.3 is 51.4 Å². The monoisotopic (exact) mass is 460 g/mol. The van der Waals surface area contributed by atoms with Gasteiger partial charge in [-0.25, -0.2) is 0 Å². The zero-order valence-electron chi connectivity index (χ0n) is 13.9. The van der Waals surface area contributed by atoms with Crippen molar-refractivity contribution in [2.24, 2.45) is 5.16 Å². The zero-order valence-corrected chi connectivity index (χ0v) is 18.6. The van der Waals surface area contributed by atoms with E-state index in [0.29, 0.717) is 11.8 Å². The summed E-state index contributed by atoms with van der Waals surface area (Å²) in [6, 6.07) is 0. The fourth-order valence-corrected chi connectivity index (χ4v) is 2.91. The van der Waals surface area contributed by atoms with E-state index < -0.39 is 51.9 Å². The van der Waals surface area contributed by atoms with E-state index in [1.165, 1.54) is 6.08 Å². The number of nitrogens with zero attached hydrogens (tertiary/aromatic N) is 2. The molecule has 17 heteroatoms. The fourth-order valence-electron chi connectivity index (χ4n) is 1.62. The number of aliphatic hydroxyl groups is 4. The largest absolute Gasteiger partial charge is 1.00 e. The van der Waals surface area contributed by atoms with Gasteiger partial charge in [-0.2, -0.15) is 8.42 Å². The number of thioether (sulfide) groups is 1. The van der Waals surface area contributed by atoms with Crippen molar-refractivity contribution in [3.8, 4) is 0 Å². The van der Waals surface area contributed by atoms with Gasteiger partial charge in [0.25, 0.3) is 15.5 Å². The Morgan fingerprint density at radius 1 is 1.33 bits per heavy atom. The number of rotatable bonds is 6. The topological polar surface area (TPSA) is 232 Å². The van der Waals surface area contributed by atoms with E-state index in [9.17, 15) is 28.3 Å². The van der Waals surface area contributed by atoms with Crippen LogP contribution in [-0.2, 0) is 19.4 Å². The molecule has 1 fully saturated rings. The average Bonchev–Trinajstić information content (AvgIpc) is 2.52. The van der Waals surface area contributed by atoms with Crippen LogP contribution in [0.25, 0.3) is 0 Å². The molecule has 1 saturated heterocycles. The molecule has 0 aromatic heterocycles. The first-order valence-corrected chi connectivity index (χ1v) is 8.76. The maximum Gasteiger partial charge on any atom is 1.00 e. The summed E-state index contributed by atoms with van der Waals surface area (Å²) in [5.74, 6) is 0. The number of hydrogen-bond donors (Lipinski definition) is 5. The van der Waals surface area contributed by atoms with Gasteiger partial charge in [0, 0.05) is 6.42 Å². The molecule has 0 radical (unpaired) electrons. The molecule has 14 nitrogen and oxygen atoms in total. The van der Waals surface area contributed by atoms with Crippen molar-refractivity contribution >= 4 is 27.2 Å². The Hall–Kier alpha value is 0.106. The molecule has 0 aliphatic carbocycles. The van der Waals surface area contributed by atoms with E-state index in [0.717, 1.165) is 0 Å². The number of aliphatic hydroxyl groups excluding tert-OH is 4. The van der Waals surface area contributed by atoms with Crippen LogP contribution in [-0.4, -0.2) is 85.2 Å². The molecule has 1 aliphatic heterocycles. The molecule has 0 amide bonds. The molecule has 152 valence electrons. The van der Waals surface area contributed by atoms with E-state index in [4.69, 9.17) is 25.2 Å². The molecule has 0 aromatic carbocycles. The van der Waals surface area contributed by atoms with E-state index in [-0.39, 0.29) is 62.8 Å². The quantitative estimate of drug-likeness (QED) is 0.0364. The van der Waals surface area contributed by atoms with Crippen molar-refractivity contribution in [3.63, 3.8) is 0 Å². The molecule has 0 bridgehead atoms. The summed E-state index contributed by atoms with van der Waals surface area (Å²) in [6.45, 7) is 2.80. The van der Waals surface area contributed by atoms with E-state index >= 15 is 0 Å². The molecule has 5 atom stereocenters. The van der Waals surface area contributed by atoms with Gasteiger partial charge in [0.1, 0.15) is 34.9 Å². The van der Waals surface area contributed by atoms with Gasteiger partial charge in [0.2, 0.25) is 0 Å². The Labute approximate surface area is 200 Å². The summed E-state index contributed by atoms with van der Waals surface area (Å²) in [7, 11) is -5.04. The molecule has 5 N–H and O–H groups in total. The second kappa shape index (κ2) is 14.1. The fraction of sp³-hybridized carbons (Fsp3) is 0.700. The van der Waals surface area contributed by atoms with Gasteiger partial charge < -0.3 is 34.9 Å². The number of oxime groups is 1. The Bertz CT molecular complexity index is 597. The molecule has 1 rings (SSSR count). The van der Waals surface area contributed by atoms with Crippen LogP contribution >= 0.6 is 11.8 Å². The average molecular weight is 460 g/mol. The molecule has 0 saturated carbocycles. The van der Waals surface area contributed by atoms with Gasteiger partial charge in [-0.3, -0.25) is 4.28 Å². The molecule has 0 unspecified atom stereocenters. The molecule has 0 spiro atoms. The van der Waals surface area contributed by atoms with Crippen LogP contribution in [0.4, 0.5) is 0 Å². The van der Waals surface area contributed by atoms with Crippen LogP contribution in [0.2, 0.25) is 0 Å². The van der Waals surface area contributed by atoms with Crippen LogP contribution < -0.4 is 51.4 Å². The van der Waals surface area contributed by atoms with Crippen LogP contribution in [0.1, 0.15) is 6.42 Å². The molecular weight excluding hydrogens is 443 g/mol. The van der Waals surface area contributed by atoms with E-state index in [2.05, 4.69) is 16.0 Å². The number of allylic oxidation sites excluding steroid dienone is 1. The van der Waals surface area contributed by atoms with Crippen molar-refractivity contribution < 1.29 is 104 Å². The minimum atomic E-state index is -5.04. The summed E-state index contributed by atoms with van der Waals surface area (Å²) in [5.41, 5.74) is -1.17. The predicted octanol–water partition coefficient (Wildman–Crippen LogP) is -5.46. The normalized spacial score (nSPS) is 28.2. The maximum atomic E-state index is 10.4. The second-order valence-corrected chi connectivity index (χ2v) is 6.65. The van der Waals surface area contributed by atoms with Gasteiger partial charge in [-0.15, -0.1) is 16.7 Å². The summed E-state index contributed by atoms with van der Waals surface area (Å²) >= 11 is 0.660. The first-order valence-electron chi connectivity index (χ1n) is 6.55. The van der Waals surface area contributed by atoms with Crippen LogP contribution in [0.15, 0.2) is 17.8 Å². The Morgan fingerprint density at radius 2 is 1.85 bits per heavy atom. The minimum absolute atomic E-state index is 0. The predicted molar refractivity (Wildman–Crippen MR) is 83.2 cm³/mol.